The second-order valence-corrected chi connectivity index (χ2v) is 2.74. The van der Waals surface area contributed by atoms with Crippen LogP contribution in [0.1, 0.15) is 33.3 Å². The Morgan fingerprint density at radius 2 is 1.61 bits per heavy atom. The molecule has 0 unspecified atom stereocenters. The van der Waals surface area contributed by atoms with Crippen LogP contribution in [0.2, 0.25) is 0 Å². The van der Waals surface area contributed by atoms with Gasteiger partial charge in [-0.2, -0.15) is 0 Å². The highest BCUT2D eigenvalue weighted by atomic mass is 13.9. The molecule has 0 saturated heterocycles. The van der Waals surface area contributed by atoms with Gasteiger partial charge in [0.05, 0.1) is 0 Å². The maximum absolute atomic E-state index is 3.80. The van der Waals surface area contributed by atoms with Gasteiger partial charge in [0.1, 0.15) is 0 Å². The van der Waals surface area contributed by atoms with Gasteiger partial charge >= 0.3 is 0 Å². The molecule has 1 aromatic rings. The lowest BCUT2D eigenvalue weighted by Crippen LogP contribution is -1.72. The average molecular weight is 240 g/mol. The van der Waals surface area contributed by atoms with Crippen LogP contribution in [0.4, 0.5) is 0 Å². The molecule has 0 aliphatic heterocycles. The summed E-state index contributed by atoms with van der Waals surface area (Å²) in [5.74, 6) is 5.97. The molecule has 0 amide bonds. The first kappa shape index (κ1) is 18.4. The van der Waals surface area contributed by atoms with E-state index in [1.807, 2.05) is 70.2 Å². The SMILES string of the molecule is C=C/C=C\C(=C)C#Cc1ccccc1.CC.CC. The summed E-state index contributed by atoms with van der Waals surface area (Å²) in [7, 11) is 0. The maximum Gasteiger partial charge on any atom is 0.0249 e. The zero-order valence-electron chi connectivity index (χ0n) is 12.0. The highest BCUT2D eigenvalue weighted by Crippen LogP contribution is 1.97. The fourth-order valence-corrected chi connectivity index (χ4v) is 0.900. The van der Waals surface area contributed by atoms with Crippen LogP contribution in [0.25, 0.3) is 0 Å². The first-order chi connectivity index (χ1) is 8.83. The smallest absolute Gasteiger partial charge is 0.0249 e. The zero-order valence-corrected chi connectivity index (χ0v) is 12.0. The molecule has 96 valence electrons. The van der Waals surface area contributed by atoms with Gasteiger partial charge in [0, 0.05) is 11.1 Å². The first-order valence-electron chi connectivity index (χ1n) is 6.38. The molecule has 1 aromatic carbocycles. The largest absolute Gasteiger partial charge is 0.0991 e. The normalized spacial score (nSPS) is 7.78. The molecule has 0 N–H and O–H groups in total. The summed E-state index contributed by atoms with van der Waals surface area (Å²) < 4.78 is 0. The minimum absolute atomic E-state index is 0.786. The molecule has 0 bridgehead atoms. The van der Waals surface area contributed by atoms with E-state index in [-0.39, 0.29) is 0 Å². The Labute approximate surface area is 113 Å². The molecule has 0 nitrogen and oxygen atoms in total. The van der Waals surface area contributed by atoms with Gasteiger partial charge in [0.25, 0.3) is 0 Å². The number of hydrogen-bond donors (Lipinski definition) is 0. The van der Waals surface area contributed by atoms with Crippen molar-refractivity contribution < 1.29 is 0 Å². The van der Waals surface area contributed by atoms with E-state index in [2.05, 4.69) is 25.0 Å². The highest BCUT2D eigenvalue weighted by Gasteiger charge is 1.81. The van der Waals surface area contributed by atoms with Crippen molar-refractivity contribution >= 4 is 0 Å². The maximum atomic E-state index is 3.80. The molecule has 0 spiro atoms. The van der Waals surface area contributed by atoms with Crippen LogP contribution in [0, 0.1) is 11.8 Å². The van der Waals surface area contributed by atoms with Crippen molar-refractivity contribution in [1.82, 2.24) is 0 Å². The van der Waals surface area contributed by atoms with E-state index in [9.17, 15) is 0 Å². The van der Waals surface area contributed by atoms with Crippen molar-refractivity contribution in [2.75, 3.05) is 0 Å². The monoisotopic (exact) mass is 240 g/mol. The van der Waals surface area contributed by atoms with E-state index < -0.39 is 0 Å². The van der Waals surface area contributed by atoms with Crippen LogP contribution >= 0.6 is 0 Å². The van der Waals surface area contributed by atoms with Gasteiger partial charge in [-0.15, -0.1) is 0 Å². The van der Waals surface area contributed by atoms with E-state index in [4.69, 9.17) is 0 Å². The molecule has 0 fully saturated rings. The van der Waals surface area contributed by atoms with Gasteiger partial charge in [0.2, 0.25) is 0 Å². The van der Waals surface area contributed by atoms with Crippen molar-refractivity contribution in [1.29, 1.82) is 0 Å². The Bertz CT molecular complexity index is 397. The fraction of sp³-hybridized carbons (Fsp3) is 0.222. The molecule has 18 heavy (non-hydrogen) atoms. The van der Waals surface area contributed by atoms with E-state index in [1.165, 1.54) is 0 Å². The van der Waals surface area contributed by atoms with Gasteiger partial charge in [0.15, 0.2) is 0 Å². The van der Waals surface area contributed by atoms with Crippen molar-refractivity contribution in [2.24, 2.45) is 0 Å². The van der Waals surface area contributed by atoms with Crippen molar-refractivity contribution in [3.05, 3.63) is 72.9 Å². The van der Waals surface area contributed by atoms with Crippen molar-refractivity contribution in [2.45, 2.75) is 27.7 Å². The van der Waals surface area contributed by atoms with Gasteiger partial charge < -0.3 is 0 Å². The third kappa shape index (κ3) is 10.5. The van der Waals surface area contributed by atoms with E-state index in [0.717, 1.165) is 11.1 Å². The second kappa shape index (κ2) is 15.0. The summed E-state index contributed by atoms with van der Waals surface area (Å²) in [4.78, 5) is 0. The summed E-state index contributed by atoms with van der Waals surface area (Å²) in [6.45, 7) is 15.4. The van der Waals surface area contributed by atoms with Crippen LogP contribution in [-0.2, 0) is 0 Å². The Morgan fingerprint density at radius 1 is 1.06 bits per heavy atom. The average Bonchev–Trinajstić information content (AvgIpc) is 2.48. The number of allylic oxidation sites excluding steroid dienone is 4. The van der Waals surface area contributed by atoms with Crippen LogP contribution in [0.3, 0.4) is 0 Å². The summed E-state index contributed by atoms with van der Waals surface area (Å²) >= 11 is 0. The molecule has 1 rings (SSSR count). The van der Waals surface area contributed by atoms with Crippen LogP contribution < -0.4 is 0 Å². The predicted octanol–water partition coefficient (Wildman–Crippen LogP) is 5.39. The molecule has 0 aromatic heterocycles. The summed E-state index contributed by atoms with van der Waals surface area (Å²) in [5.41, 5.74) is 1.79. The number of benzene rings is 1. The molecule has 0 radical (unpaired) electrons. The Kier molecular flexibility index (Phi) is 15.3. The quantitative estimate of drug-likeness (QED) is 0.480. The molecular weight excluding hydrogens is 216 g/mol. The summed E-state index contributed by atoms with van der Waals surface area (Å²) in [6.07, 6.45) is 5.36. The standard InChI is InChI=1S/C14H12.2C2H6/c1-3-4-8-13(2)11-12-14-9-6-5-7-10-14;2*1-2/h3-10H,1-2H2;2*1-2H3/b8-4-;;. The summed E-state index contributed by atoms with van der Waals surface area (Å²) in [5, 5.41) is 0. The molecule has 0 heteroatoms. The van der Waals surface area contributed by atoms with Gasteiger partial charge in [-0.05, 0) is 18.2 Å². The zero-order chi connectivity index (χ0) is 14.2. The van der Waals surface area contributed by atoms with E-state index >= 15 is 0 Å². The van der Waals surface area contributed by atoms with Gasteiger partial charge in [-0.25, -0.2) is 0 Å². The molecular formula is C18H24. The number of rotatable bonds is 2. The van der Waals surface area contributed by atoms with Gasteiger partial charge in [-0.1, -0.05) is 83.0 Å². The van der Waals surface area contributed by atoms with Crippen LogP contribution in [0.15, 0.2) is 67.3 Å². The van der Waals surface area contributed by atoms with Crippen LogP contribution in [-0.4, -0.2) is 0 Å². The molecule has 0 saturated carbocycles. The summed E-state index contributed by atoms with van der Waals surface area (Å²) in [6, 6.07) is 9.84. The lowest BCUT2D eigenvalue weighted by molar-refractivity contribution is 1.50. The Morgan fingerprint density at radius 3 is 2.11 bits per heavy atom. The van der Waals surface area contributed by atoms with Crippen molar-refractivity contribution in [3.8, 4) is 11.8 Å². The fourth-order valence-electron chi connectivity index (χ4n) is 0.900. The Hall–Kier alpha value is -2.00. The molecule has 0 heterocycles. The Balaban J connectivity index is 0. The molecule has 0 aliphatic carbocycles. The first-order valence-corrected chi connectivity index (χ1v) is 6.38. The predicted molar refractivity (Wildman–Crippen MR) is 84.5 cm³/mol. The lowest BCUT2D eigenvalue weighted by atomic mass is 10.2. The highest BCUT2D eigenvalue weighted by molar-refractivity contribution is 5.43. The minimum atomic E-state index is 0.786. The van der Waals surface area contributed by atoms with Crippen LogP contribution in [0.5, 0.6) is 0 Å². The van der Waals surface area contributed by atoms with E-state index in [0.29, 0.717) is 0 Å². The van der Waals surface area contributed by atoms with Gasteiger partial charge in [-0.3, -0.25) is 0 Å². The topological polar surface area (TPSA) is 0 Å². The molecule has 0 aliphatic rings. The molecule has 0 atom stereocenters. The van der Waals surface area contributed by atoms with E-state index in [1.54, 1.807) is 6.08 Å². The second-order valence-electron chi connectivity index (χ2n) is 2.74. The third-order valence-electron chi connectivity index (χ3n) is 1.57. The lowest BCUT2D eigenvalue weighted by Gasteiger charge is -1.86. The minimum Gasteiger partial charge on any atom is -0.0991 e. The third-order valence-corrected chi connectivity index (χ3v) is 1.57. The van der Waals surface area contributed by atoms with Crippen molar-refractivity contribution in [3.63, 3.8) is 0 Å². The number of hydrogen-bond acceptors (Lipinski definition) is 0.